The molecule has 2 bridgehead atoms. The topological polar surface area (TPSA) is 72.5 Å². The van der Waals surface area contributed by atoms with E-state index in [1.807, 2.05) is 0 Å². The van der Waals surface area contributed by atoms with Gasteiger partial charge in [0.15, 0.2) is 0 Å². The number of esters is 1. The van der Waals surface area contributed by atoms with Crippen molar-refractivity contribution in [3.05, 3.63) is 0 Å². The highest BCUT2D eigenvalue weighted by Crippen LogP contribution is 2.65. The second kappa shape index (κ2) is 5.54. The minimum absolute atomic E-state index is 0.0141. The van der Waals surface area contributed by atoms with Crippen molar-refractivity contribution < 1.29 is 17.9 Å². The van der Waals surface area contributed by atoms with Gasteiger partial charge in [-0.1, -0.05) is 20.8 Å². The molecule has 6 heteroatoms. The standard InChI is InChI=1S/C15H27NO4S/c1-14(2)11-7-8-15(14,3)12(10-11)16-21(18,19)9-5-6-13(17)20-4/h11-12,16H,5-10H2,1-4H3. The summed E-state index contributed by atoms with van der Waals surface area (Å²) in [4.78, 5) is 11.0. The van der Waals surface area contributed by atoms with Crippen LogP contribution in [0.25, 0.3) is 0 Å². The average Bonchev–Trinajstić information content (AvgIpc) is 2.71. The fourth-order valence-corrected chi connectivity index (χ4v) is 5.60. The Balaban J connectivity index is 1.94. The van der Waals surface area contributed by atoms with Crippen molar-refractivity contribution in [3.63, 3.8) is 0 Å². The zero-order valence-corrected chi connectivity index (χ0v) is 14.3. The number of hydrogen-bond donors (Lipinski definition) is 1. The van der Waals surface area contributed by atoms with E-state index in [1.165, 1.54) is 13.5 Å². The maximum atomic E-state index is 12.2. The molecule has 0 aromatic carbocycles. The summed E-state index contributed by atoms with van der Waals surface area (Å²) in [7, 11) is -2.02. The van der Waals surface area contributed by atoms with Gasteiger partial charge in [0.05, 0.1) is 12.9 Å². The number of carbonyl (C=O) groups is 1. The van der Waals surface area contributed by atoms with Crippen molar-refractivity contribution in [1.82, 2.24) is 4.72 Å². The summed E-state index contributed by atoms with van der Waals surface area (Å²) in [6.45, 7) is 6.73. The van der Waals surface area contributed by atoms with Crippen LogP contribution >= 0.6 is 0 Å². The molecule has 2 saturated carbocycles. The molecule has 2 aliphatic rings. The van der Waals surface area contributed by atoms with Crippen molar-refractivity contribution in [2.24, 2.45) is 16.7 Å². The summed E-state index contributed by atoms with van der Waals surface area (Å²) in [6, 6.07) is 0.0226. The molecule has 0 heterocycles. The Labute approximate surface area is 127 Å². The van der Waals surface area contributed by atoms with Gasteiger partial charge in [-0.15, -0.1) is 0 Å². The Kier molecular flexibility index (Phi) is 4.42. The quantitative estimate of drug-likeness (QED) is 0.761. The summed E-state index contributed by atoms with van der Waals surface area (Å²) < 4.78 is 31.9. The summed E-state index contributed by atoms with van der Waals surface area (Å²) in [5.41, 5.74) is 0.222. The van der Waals surface area contributed by atoms with Gasteiger partial charge >= 0.3 is 5.97 Å². The lowest BCUT2D eigenvalue weighted by Gasteiger charge is -2.39. The third-order valence-electron chi connectivity index (χ3n) is 6.14. The molecule has 1 N–H and O–H groups in total. The van der Waals surface area contributed by atoms with Gasteiger partial charge in [-0.05, 0) is 42.4 Å². The van der Waals surface area contributed by atoms with Crippen molar-refractivity contribution >= 4 is 16.0 Å². The molecule has 0 aromatic rings. The highest BCUT2D eigenvalue weighted by molar-refractivity contribution is 7.89. The molecule has 2 fully saturated rings. The first-order chi connectivity index (χ1) is 9.62. The molecule has 5 nitrogen and oxygen atoms in total. The number of hydrogen-bond acceptors (Lipinski definition) is 4. The summed E-state index contributed by atoms with van der Waals surface area (Å²) in [5.74, 6) is 0.225. The number of sulfonamides is 1. The number of nitrogens with one attached hydrogen (secondary N) is 1. The number of carbonyl (C=O) groups excluding carboxylic acids is 1. The van der Waals surface area contributed by atoms with Crippen LogP contribution in [-0.4, -0.2) is 33.3 Å². The first kappa shape index (κ1) is 16.7. The molecule has 3 unspecified atom stereocenters. The lowest BCUT2D eigenvalue weighted by Crippen LogP contribution is -2.47. The highest BCUT2D eigenvalue weighted by atomic mass is 32.2. The average molecular weight is 317 g/mol. The predicted molar refractivity (Wildman–Crippen MR) is 81.2 cm³/mol. The summed E-state index contributed by atoms with van der Waals surface area (Å²) in [5, 5.41) is 0. The van der Waals surface area contributed by atoms with E-state index >= 15 is 0 Å². The maximum absolute atomic E-state index is 12.2. The largest absolute Gasteiger partial charge is 0.469 e. The molecular weight excluding hydrogens is 290 g/mol. The lowest BCUT2D eigenvalue weighted by molar-refractivity contribution is -0.140. The van der Waals surface area contributed by atoms with Crippen molar-refractivity contribution in [2.45, 2.75) is 58.9 Å². The van der Waals surface area contributed by atoms with E-state index in [-0.39, 0.29) is 35.0 Å². The Morgan fingerprint density at radius 2 is 2.00 bits per heavy atom. The molecule has 3 atom stereocenters. The minimum atomic E-state index is -3.34. The molecule has 21 heavy (non-hydrogen) atoms. The summed E-state index contributed by atoms with van der Waals surface area (Å²) in [6.07, 6.45) is 3.66. The minimum Gasteiger partial charge on any atom is -0.469 e. The monoisotopic (exact) mass is 317 g/mol. The van der Waals surface area contributed by atoms with Crippen LogP contribution in [0.15, 0.2) is 0 Å². The van der Waals surface area contributed by atoms with Gasteiger partial charge in [-0.2, -0.15) is 0 Å². The van der Waals surface area contributed by atoms with E-state index in [4.69, 9.17) is 0 Å². The Bertz CT molecular complexity index is 514. The first-order valence-electron chi connectivity index (χ1n) is 7.69. The van der Waals surface area contributed by atoms with Gasteiger partial charge in [0.2, 0.25) is 10.0 Å². The SMILES string of the molecule is COC(=O)CCCS(=O)(=O)NC1CC2CCC1(C)C2(C)C. The normalized spacial score (nSPS) is 34.1. The lowest BCUT2D eigenvalue weighted by atomic mass is 9.69. The van der Waals surface area contributed by atoms with E-state index in [0.29, 0.717) is 12.3 Å². The number of methoxy groups -OCH3 is 1. The first-order valence-corrected chi connectivity index (χ1v) is 9.34. The smallest absolute Gasteiger partial charge is 0.305 e. The zero-order valence-electron chi connectivity index (χ0n) is 13.4. The molecule has 2 rings (SSSR count). The highest BCUT2D eigenvalue weighted by Gasteiger charge is 2.61. The Hall–Kier alpha value is -0.620. The van der Waals surface area contributed by atoms with Crippen molar-refractivity contribution in [2.75, 3.05) is 12.9 Å². The molecule has 0 saturated heterocycles. The van der Waals surface area contributed by atoms with E-state index in [0.717, 1.165) is 12.8 Å². The molecule has 0 radical (unpaired) electrons. The fourth-order valence-electron chi connectivity index (χ4n) is 4.17. The third-order valence-corrected chi connectivity index (χ3v) is 7.61. The molecule has 0 spiro atoms. The van der Waals surface area contributed by atoms with Gasteiger partial charge in [0, 0.05) is 12.5 Å². The number of ether oxygens (including phenoxy) is 1. The van der Waals surface area contributed by atoms with Gasteiger partial charge in [-0.3, -0.25) is 4.79 Å². The van der Waals surface area contributed by atoms with Gasteiger partial charge in [0.25, 0.3) is 0 Å². The second-order valence-electron chi connectivity index (χ2n) is 7.28. The van der Waals surface area contributed by atoms with Crippen LogP contribution in [0.5, 0.6) is 0 Å². The Morgan fingerprint density at radius 3 is 2.48 bits per heavy atom. The molecule has 2 aliphatic carbocycles. The van der Waals surface area contributed by atoms with Gasteiger partial charge in [-0.25, -0.2) is 13.1 Å². The van der Waals surface area contributed by atoms with Gasteiger partial charge in [0.1, 0.15) is 0 Å². The Morgan fingerprint density at radius 1 is 1.33 bits per heavy atom. The van der Waals surface area contributed by atoms with Crippen LogP contribution in [0.2, 0.25) is 0 Å². The third kappa shape index (κ3) is 2.97. The van der Waals surface area contributed by atoms with Crippen LogP contribution < -0.4 is 4.72 Å². The van der Waals surface area contributed by atoms with E-state index in [9.17, 15) is 13.2 Å². The fraction of sp³-hybridized carbons (Fsp3) is 0.933. The molecule has 122 valence electrons. The van der Waals surface area contributed by atoms with Gasteiger partial charge < -0.3 is 4.74 Å². The van der Waals surface area contributed by atoms with Crippen LogP contribution in [0.1, 0.15) is 52.9 Å². The van der Waals surface area contributed by atoms with Crippen LogP contribution in [0.3, 0.4) is 0 Å². The van der Waals surface area contributed by atoms with E-state index < -0.39 is 10.0 Å². The predicted octanol–water partition coefficient (Wildman–Crippen LogP) is 2.07. The van der Waals surface area contributed by atoms with Crippen LogP contribution in [0.4, 0.5) is 0 Å². The maximum Gasteiger partial charge on any atom is 0.305 e. The second-order valence-corrected chi connectivity index (χ2v) is 9.15. The van der Waals surface area contributed by atoms with E-state index in [2.05, 4.69) is 30.2 Å². The number of fused-ring (bicyclic) bond motifs is 2. The molecule has 0 aliphatic heterocycles. The van der Waals surface area contributed by atoms with E-state index in [1.54, 1.807) is 0 Å². The zero-order chi connectivity index (χ0) is 15.9. The molecule has 0 aromatic heterocycles. The number of rotatable bonds is 6. The molecule has 0 amide bonds. The van der Waals surface area contributed by atoms with Crippen LogP contribution in [-0.2, 0) is 19.6 Å². The van der Waals surface area contributed by atoms with Crippen molar-refractivity contribution in [3.8, 4) is 0 Å². The summed E-state index contributed by atoms with van der Waals surface area (Å²) >= 11 is 0. The van der Waals surface area contributed by atoms with Crippen molar-refractivity contribution in [1.29, 1.82) is 0 Å². The van der Waals surface area contributed by atoms with Crippen LogP contribution in [0, 0.1) is 16.7 Å². The molecular formula is C15H27NO4S.